The molecule has 0 unspecified atom stereocenters. The predicted molar refractivity (Wildman–Crippen MR) is 78.2 cm³/mol. The van der Waals surface area contributed by atoms with Gasteiger partial charge in [-0.15, -0.1) is 11.6 Å². The molecule has 0 atom stereocenters. The van der Waals surface area contributed by atoms with Gasteiger partial charge in [0.1, 0.15) is 11.6 Å². The third kappa shape index (κ3) is 3.67. The number of rotatable bonds is 4. The molecule has 0 aromatic heterocycles. The number of anilines is 1. The van der Waals surface area contributed by atoms with Crippen LogP contribution in [0.15, 0.2) is 16.6 Å². The Kier molecular flexibility index (Phi) is 5.46. The van der Waals surface area contributed by atoms with Crippen LogP contribution in [0.4, 0.5) is 11.4 Å². The maximum atomic E-state index is 11.8. The van der Waals surface area contributed by atoms with E-state index < -0.39 is 10.8 Å². The predicted octanol–water partition coefficient (Wildman–Crippen LogP) is 2.24. The van der Waals surface area contributed by atoms with Crippen molar-refractivity contribution in [3.8, 4) is 0 Å². The van der Waals surface area contributed by atoms with Crippen molar-refractivity contribution in [2.24, 2.45) is 0 Å². The van der Waals surface area contributed by atoms with Crippen LogP contribution < -0.4 is 5.32 Å². The molecule has 20 heavy (non-hydrogen) atoms. The third-order valence-electron chi connectivity index (χ3n) is 2.31. The zero-order chi connectivity index (χ0) is 15.4. The summed E-state index contributed by atoms with van der Waals surface area (Å²) in [6, 6.07) is 2.51. The first-order chi connectivity index (χ1) is 9.27. The molecule has 0 aliphatic heterocycles. The number of alkyl halides is 1. The van der Waals surface area contributed by atoms with E-state index in [0.717, 1.165) is 6.07 Å². The van der Waals surface area contributed by atoms with Gasteiger partial charge in [-0.2, -0.15) is 0 Å². The van der Waals surface area contributed by atoms with Crippen molar-refractivity contribution < 1.29 is 14.5 Å². The lowest BCUT2D eigenvalue weighted by Crippen LogP contribution is -2.22. The van der Waals surface area contributed by atoms with E-state index >= 15 is 0 Å². The molecule has 1 rings (SSSR count). The van der Waals surface area contributed by atoms with Gasteiger partial charge in [-0.1, -0.05) is 0 Å². The van der Waals surface area contributed by atoms with Crippen molar-refractivity contribution in [2.75, 3.05) is 25.3 Å². The van der Waals surface area contributed by atoms with Gasteiger partial charge in [-0.25, -0.2) is 0 Å². The van der Waals surface area contributed by atoms with Crippen molar-refractivity contribution in [2.45, 2.75) is 0 Å². The second kappa shape index (κ2) is 6.67. The highest BCUT2D eigenvalue weighted by molar-refractivity contribution is 9.10. The van der Waals surface area contributed by atoms with Gasteiger partial charge in [0.25, 0.3) is 11.6 Å². The second-order valence-corrected chi connectivity index (χ2v) is 5.11. The van der Waals surface area contributed by atoms with Crippen molar-refractivity contribution >= 4 is 50.7 Å². The number of nitrogens with zero attached hydrogens (tertiary/aromatic N) is 2. The summed E-state index contributed by atoms with van der Waals surface area (Å²) in [6.07, 6.45) is 0. The standard InChI is InChI=1S/C11H11BrClN3O4/c1-15(2)11(18)6-3-7(12)10(14-9(17)5-13)8(4-6)16(19)20/h3-4H,5H2,1-2H3,(H,14,17). The van der Waals surface area contributed by atoms with Crippen molar-refractivity contribution in [1.82, 2.24) is 4.90 Å². The number of nitro benzene ring substituents is 1. The summed E-state index contributed by atoms with van der Waals surface area (Å²) in [5, 5.41) is 13.4. The van der Waals surface area contributed by atoms with Gasteiger partial charge in [-0.3, -0.25) is 19.7 Å². The van der Waals surface area contributed by atoms with Gasteiger partial charge >= 0.3 is 0 Å². The van der Waals surface area contributed by atoms with Gasteiger partial charge < -0.3 is 10.2 Å². The molecular weight excluding hydrogens is 353 g/mol. The van der Waals surface area contributed by atoms with Gasteiger partial charge in [0, 0.05) is 30.2 Å². The Morgan fingerprint density at radius 1 is 1.45 bits per heavy atom. The molecular formula is C11H11BrClN3O4. The number of nitro groups is 1. The monoisotopic (exact) mass is 363 g/mol. The molecule has 7 nitrogen and oxygen atoms in total. The fourth-order valence-corrected chi connectivity index (χ4v) is 2.03. The van der Waals surface area contributed by atoms with Crippen LogP contribution in [-0.4, -0.2) is 41.6 Å². The van der Waals surface area contributed by atoms with Crippen LogP contribution in [0, 0.1) is 10.1 Å². The fourth-order valence-electron chi connectivity index (χ4n) is 1.41. The lowest BCUT2D eigenvalue weighted by molar-refractivity contribution is -0.384. The Morgan fingerprint density at radius 3 is 2.50 bits per heavy atom. The normalized spacial score (nSPS) is 10.0. The zero-order valence-electron chi connectivity index (χ0n) is 10.6. The quantitative estimate of drug-likeness (QED) is 0.504. The molecule has 1 aromatic rings. The summed E-state index contributed by atoms with van der Waals surface area (Å²) in [7, 11) is 3.07. The molecule has 1 aromatic carbocycles. The minimum Gasteiger partial charge on any atom is -0.345 e. The number of carbonyl (C=O) groups excluding carboxylic acids is 2. The first kappa shape index (κ1) is 16.4. The smallest absolute Gasteiger partial charge is 0.294 e. The molecule has 0 saturated carbocycles. The second-order valence-electron chi connectivity index (χ2n) is 3.99. The van der Waals surface area contributed by atoms with Crippen LogP contribution in [0.2, 0.25) is 0 Å². The van der Waals surface area contributed by atoms with E-state index in [1.807, 2.05) is 0 Å². The molecule has 0 bridgehead atoms. The molecule has 0 spiro atoms. The van der Waals surface area contributed by atoms with E-state index in [4.69, 9.17) is 11.6 Å². The van der Waals surface area contributed by atoms with Crippen LogP contribution in [-0.2, 0) is 4.79 Å². The summed E-state index contributed by atoms with van der Waals surface area (Å²) in [6.45, 7) is 0. The minimum atomic E-state index is -0.680. The molecule has 0 aliphatic rings. The summed E-state index contributed by atoms with van der Waals surface area (Å²) >= 11 is 8.46. The Hall–Kier alpha value is -1.67. The molecule has 0 aliphatic carbocycles. The van der Waals surface area contributed by atoms with Crippen LogP contribution >= 0.6 is 27.5 Å². The number of carbonyl (C=O) groups is 2. The summed E-state index contributed by atoms with van der Waals surface area (Å²) in [5.41, 5.74) is -0.281. The van der Waals surface area contributed by atoms with Crippen molar-refractivity contribution in [3.05, 3.63) is 32.3 Å². The van der Waals surface area contributed by atoms with Crippen LogP contribution in [0.5, 0.6) is 0 Å². The van der Waals surface area contributed by atoms with Gasteiger partial charge in [0.05, 0.1) is 4.92 Å². The average Bonchev–Trinajstić information content (AvgIpc) is 2.39. The molecule has 0 radical (unpaired) electrons. The van der Waals surface area contributed by atoms with Crippen molar-refractivity contribution in [1.29, 1.82) is 0 Å². The highest BCUT2D eigenvalue weighted by atomic mass is 79.9. The number of hydrogen-bond donors (Lipinski definition) is 1. The number of halogens is 2. The van der Waals surface area contributed by atoms with E-state index in [-0.39, 0.29) is 33.2 Å². The fraction of sp³-hybridized carbons (Fsp3) is 0.273. The lowest BCUT2D eigenvalue weighted by atomic mass is 10.1. The number of amides is 2. The highest BCUT2D eigenvalue weighted by Gasteiger charge is 2.23. The van der Waals surface area contributed by atoms with E-state index in [0.29, 0.717) is 0 Å². The lowest BCUT2D eigenvalue weighted by Gasteiger charge is -2.12. The van der Waals surface area contributed by atoms with Gasteiger partial charge in [-0.05, 0) is 22.0 Å². The molecule has 108 valence electrons. The molecule has 1 N–H and O–H groups in total. The van der Waals surface area contributed by atoms with E-state index in [1.165, 1.54) is 25.1 Å². The first-order valence-corrected chi connectivity index (χ1v) is 6.66. The Bertz CT molecular complexity index is 577. The Balaban J connectivity index is 3.36. The Labute approximate surface area is 128 Å². The van der Waals surface area contributed by atoms with Gasteiger partial charge in [0.15, 0.2) is 0 Å². The number of benzene rings is 1. The highest BCUT2D eigenvalue weighted by Crippen LogP contribution is 2.34. The Morgan fingerprint density at radius 2 is 2.05 bits per heavy atom. The van der Waals surface area contributed by atoms with Crippen LogP contribution in [0.3, 0.4) is 0 Å². The van der Waals surface area contributed by atoms with E-state index in [1.54, 1.807) is 0 Å². The van der Waals surface area contributed by atoms with E-state index in [2.05, 4.69) is 21.2 Å². The molecule has 0 fully saturated rings. The molecule has 0 saturated heterocycles. The number of nitrogens with one attached hydrogen (secondary N) is 1. The van der Waals surface area contributed by atoms with E-state index in [9.17, 15) is 19.7 Å². The summed E-state index contributed by atoms with van der Waals surface area (Å²) < 4.78 is 0.232. The minimum absolute atomic E-state index is 0.0315. The zero-order valence-corrected chi connectivity index (χ0v) is 13.0. The van der Waals surface area contributed by atoms with Gasteiger partial charge in [0.2, 0.25) is 5.91 Å². The topological polar surface area (TPSA) is 92.6 Å². The van der Waals surface area contributed by atoms with Crippen LogP contribution in [0.25, 0.3) is 0 Å². The van der Waals surface area contributed by atoms with Crippen LogP contribution in [0.1, 0.15) is 10.4 Å². The maximum Gasteiger partial charge on any atom is 0.294 e. The molecule has 9 heteroatoms. The molecule has 2 amide bonds. The third-order valence-corrected chi connectivity index (χ3v) is 3.17. The molecule has 0 heterocycles. The maximum absolute atomic E-state index is 11.8. The largest absolute Gasteiger partial charge is 0.345 e. The summed E-state index contributed by atoms with van der Waals surface area (Å²) in [5.74, 6) is -1.30. The van der Waals surface area contributed by atoms with Crippen molar-refractivity contribution in [3.63, 3.8) is 0 Å². The SMILES string of the molecule is CN(C)C(=O)c1cc(Br)c(NC(=O)CCl)c([N+](=O)[O-])c1. The first-order valence-electron chi connectivity index (χ1n) is 5.33. The average molecular weight is 365 g/mol. The summed E-state index contributed by atoms with van der Waals surface area (Å²) in [4.78, 5) is 34.8. The number of hydrogen-bond acceptors (Lipinski definition) is 4.